The van der Waals surface area contributed by atoms with Gasteiger partial charge in [0, 0.05) is 19.2 Å². The largest absolute Gasteiger partial charge is 0.477 e. The standard InChI is InChI=1S/C8H10N4O4/c9-3-4-10-7-6(12(15)16)2-1-5(11-7)8(13)14/h1-2H,3-4,9H2,(H,10,11)(H,13,14). The van der Waals surface area contributed by atoms with Crippen molar-refractivity contribution in [1.29, 1.82) is 0 Å². The Kier molecular flexibility index (Phi) is 3.72. The average molecular weight is 226 g/mol. The Labute approximate surface area is 90.2 Å². The summed E-state index contributed by atoms with van der Waals surface area (Å²) in [5, 5.41) is 21.9. The van der Waals surface area contributed by atoms with Gasteiger partial charge in [0.15, 0.2) is 5.69 Å². The Morgan fingerprint density at radius 2 is 2.31 bits per heavy atom. The van der Waals surface area contributed by atoms with Gasteiger partial charge in [0.2, 0.25) is 5.82 Å². The first-order valence-corrected chi connectivity index (χ1v) is 4.39. The number of nitrogens with one attached hydrogen (secondary N) is 1. The molecule has 0 unspecified atom stereocenters. The van der Waals surface area contributed by atoms with Crippen LogP contribution in [0.15, 0.2) is 12.1 Å². The number of carboxylic acids is 1. The topological polar surface area (TPSA) is 131 Å². The zero-order chi connectivity index (χ0) is 12.1. The van der Waals surface area contributed by atoms with E-state index in [-0.39, 0.29) is 30.3 Å². The Balaban J connectivity index is 3.10. The van der Waals surface area contributed by atoms with Gasteiger partial charge in [0.1, 0.15) is 0 Å². The molecule has 0 fully saturated rings. The number of carboxylic acid groups (broad SMARTS) is 1. The first-order chi connectivity index (χ1) is 7.56. The number of aromatic carboxylic acids is 1. The molecule has 0 saturated carbocycles. The van der Waals surface area contributed by atoms with Crippen molar-refractivity contribution in [1.82, 2.24) is 4.98 Å². The van der Waals surface area contributed by atoms with Crippen LogP contribution >= 0.6 is 0 Å². The summed E-state index contributed by atoms with van der Waals surface area (Å²) in [6.45, 7) is 0.535. The summed E-state index contributed by atoms with van der Waals surface area (Å²) in [4.78, 5) is 24.2. The molecule has 0 radical (unpaired) electrons. The molecule has 1 aromatic rings. The zero-order valence-corrected chi connectivity index (χ0v) is 8.21. The smallest absolute Gasteiger partial charge is 0.354 e. The van der Waals surface area contributed by atoms with Crippen molar-refractivity contribution in [2.24, 2.45) is 5.73 Å². The lowest BCUT2D eigenvalue weighted by atomic mass is 10.3. The van der Waals surface area contributed by atoms with Crippen LogP contribution in [0.4, 0.5) is 11.5 Å². The summed E-state index contributed by atoms with van der Waals surface area (Å²) in [6, 6.07) is 2.17. The lowest BCUT2D eigenvalue weighted by Crippen LogP contribution is -2.16. The fourth-order valence-electron chi connectivity index (χ4n) is 1.04. The minimum atomic E-state index is -1.24. The van der Waals surface area contributed by atoms with Crippen LogP contribution in [0, 0.1) is 10.1 Å². The molecule has 1 aromatic heterocycles. The monoisotopic (exact) mass is 226 g/mol. The molecule has 0 spiro atoms. The molecule has 0 atom stereocenters. The average Bonchev–Trinajstić information content (AvgIpc) is 2.25. The van der Waals surface area contributed by atoms with E-state index in [2.05, 4.69) is 10.3 Å². The van der Waals surface area contributed by atoms with E-state index in [0.29, 0.717) is 0 Å². The van der Waals surface area contributed by atoms with Crippen LogP contribution in [0.5, 0.6) is 0 Å². The Bertz CT molecular complexity index is 420. The number of pyridine rings is 1. The quantitative estimate of drug-likeness (QED) is 0.477. The van der Waals surface area contributed by atoms with E-state index in [1.165, 1.54) is 0 Å². The normalized spacial score (nSPS) is 9.81. The maximum absolute atomic E-state index is 10.6. The Morgan fingerprint density at radius 1 is 1.62 bits per heavy atom. The van der Waals surface area contributed by atoms with Gasteiger partial charge in [-0.15, -0.1) is 0 Å². The second-order valence-corrected chi connectivity index (χ2v) is 2.84. The number of aromatic nitrogens is 1. The SMILES string of the molecule is NCCNc1nc(C(=O)O)ccc1[N+](=O)[O-]. The molecule has 0 aliphatic rings. The van der Waals surface area contributed by atoms with Gasteiger partial charge in [-0.25, -0.2) is 9.78 Å². The third-order valence-electron chi connectivity index (χ3n) is 1.73. The highest BCUT2D eigenvalue weighted by molar-refractivity contribution is 5.86. The summed E-state index contributed by atoms with van der Waals surface area (Å²) in [6.07, 6.45) is 0. The van der Waals surface area contributed by atoms with Gasteiger partial charge in [0.25, 0.3) is 0 Å². The van der Waals surface area contributed by atoms with E-state index in [0.717, 1.165) is 12.1 Å². The Morgan fingerprint density at radius 3 is 2.81 bits per heavy atom. The first-order valence-electron chi connectivity index (χ1n) is 4.39. The van der Waals surface area contributed by atoms with E-state index in [9.17, 15) is 14.9 Å². The molecule has 1 heterocycles. The Hall–Kier alpha value is -2.22. The van der Waals surface area contributed by atoms with Gasteiger partial charge in [-0.1, -0.05) is 0 Å². The van der Waals surface area contributed by atoms with Gasteiger partial charge < -0.3 is 16.2 Å². The molecule has 8 nitrogen and oxygen atoms in total. The third-order valence-corrected chi connectivity index (χ3v) is 1.73. The molecular weight excluding hydrogens is 216 g/mol. The third kappa shape index (κ3) is 2.64. The molecule has 86 valence electrons. The van der Waals surface area contributed by atoms with Gasteiger partial charge in [-0.2, -0.15) is 0 Å². The highest BCUT2D eigenvalue weighted by atomic mass is 16.6. The van der Waals surface area contributed by atoms with E-state index in [1.807, 2.05) is 0 Å². The molecule has 0 saturated heterocycles. The molecule has 0 aliphatic carbocycles. The summed E-state index contributed by atoms with van der Waals surface area (Å²) >= 11 is 0. The molecule has 0 aromatic carbocycles. The highest BCUT2D eigenvalue weighted by Gasteiger charge is 2.17. The number of rotatable bonds is 5. The molecule has 1 rings (SSSR count). The molecule has 8 heteroatoms. The number of nitrogens with two attached hydrogens (primary N) is 1. The second kappa shape index (κ2) is 5.03. The number of hydrogen-bond donors (Lipinski definition) is 3. The number of nitro groups is 1. The van der Waals surface area contributed by atoms with Crippen molar-refractivity contribution >= 4 is 17.5 Å². The molecule has 0 aliphatic heterocycles. The van der Waals surface area contributed by atoms with Crippen LogP contribution in [0.25, 0.3) is 0 Å². The van der Waals surface area contributed by atoms with E-state index < -0.39 is 10.9 Å². The minimum absolute atomic E-state index is 0.0876. The summed E-state index contributed by atoms with van der Waals surface area (Å²) < 4.78 is 0. The highest BCUT2D eigenvalue weighted by Crippen LogP contribution is 2.21. The van der Waals surface area contributed by atoms with Crippen molar-refractivity contribution in [3.8, 4) is 0 Å². The van der Waals surface area contributed by atoms with Crippen LogP contribution in [0.2, 0.25) is 0 Å². The predicted molar refractivity (Wildman–Crippen MR) is 55.4 cm³/mol. The fourth-order valence-corrected chi connectivity index (χ4v) is 1.04. The first kappa shape index (κ1) is 11.9. The minimum Gasteiger partial charge on any atom is -0.477 e. The fraction of sp³-hybridized carbons (Fsp3) is 0.250. The van der Waals surface area contributed by atoms with Gasteiger partial charge in [-0.3, -0.25) is 10.1 Å². The van der Waals surface area contributed by atoms with E-state index >= 15 is 0 Å². The van der Waals surface area contributed by atoms with Crippen LogP contribution in [0.3, 0.4) is 0 Å². The molecule has 0 bridgehead atoms. The zero-order valence-electron chi connectivity index (χ0n) is 8.21. The number of hydrogen-bond acceptors (Lipinski definition) is 6. The summed E-state index contributed by atoms with van der Waals surface area (Å²) in [5.41, 5.74) is 4.69. The van der Waals surface area contributed by atoms with Crippen LogP contribution < -0.4 is 11.1 Å². The van der Waals surface area contributed by atoms with Crippen LogP contribution in [-0.2, 0) is 0 Å². The molecule has 4 N–H and O–H groups in total. The number of nitrogens with zero attached hydrogens (tertiary/aromatic N) is 2. The van der Waals surface area contributed by atoms with Crippen molar-refractivity contribution in [3.05, 3.63) is 27.9 Å². The van der Waals surface area contributed by atoms with Crippen LogP contribution in [-0.4, -0.2) is 34.1 Å². The van der Waals surface area contributed by atoms with Crippen molar-refractivity contribution < 1.29 is 14.8 Å². The predicted octanol–water partition coefficient (Wildman–Crippen LogP) is 0.0586. The van der Waals surface area contributed by atoms with Gasteiger partial charge >= 0.3 is 11.7 Å². The summed E-state index contributed by atoms with van der Waals surface area (Å²) in [7, 11) is 0. The van der Waals surface area contributed by atoms with Crippen molar-refractivity contribution in [2.45, 2.75) is 0 Å². The number of carbonyl (C=O) groups is 1. The molecular formula is C8H10N4O4. The maximum Gasteiger partial charge on any atom is 0.354 e. The van der Waals surface area contributed by atoms with Crippen LogP contribution in [0.1, 0.15) is 10.5 Å². The van der Waals surface area contributed by atoms with Crippen molar-refractivity contribution in [3.63, 3.8) is 0 Å². The lowest BCUT2D eigenvalue weighted by Gasteiger charge is -2.05. The van der Waals surface area contributed by atoms with Gasteiger partial charge in [0.05, 0.1) is 4.92 Å². The molecule has 0 amide bonds. The van der Waals surface area contributed by atoms with Gasteiger partial charge in [-0.05, 0) is 6.07 Å². The number of anilines is 1. The van der Waals surface area contributed by atoms with E-state index in [1.54, 1.807) is 0 Å². The maximum atomic E-state index is 10.6. The summed E-state index contributed by atoms with van der Waals surface area (Å²) in [5.74, 6) is -1.33. The van der Waals surface area contributed by atoms with E-state index in [4.69, 9.17) is 10.8 Å². The van der Waals surface area contributed by atoms with Crippen molar-refractivity contribution in [2.75, 3.05) is 18.4 Å². The second-order valence-electron chi connectivity index (χ2n) is 2.84. The molecule has 16 heavy (non-hydrogen) atoms. The lowest BCUT2D eigenvalue weighted by molar-refractivity contribution is -0.384.